The van der Waals surface area contributed by atoms with Crippen molar-refractivity contribution in [2.24, 2.45) is 0 Å². The highest BCUT2D eigenvalue weighted by Crippen LogP contribution is 2.27. The van der Waals surface area contributed by atoms with Crippen molar-refractivity contribution in [2.45, 2.75) is 29.3 Å². The number of pyridine rings is 1. The lowest BCUT2D eigenvalue weighted by Crippen LogP contribution is -2.54. The molecule has 0 aliphatic carbocycles. The summed E-state index contributed by atoms with van der Waals surface area (Å²) in [6, 6.07) is 17.1. The van der Waals surface area contributed by atoms with E-state index in [9.17, 15) is 8.42 Å². The lowest BCUT2D eigenvalue weighted by Gasteiger charge is -2.38. The van der Waals surface area contributed by atoms with Crippen LogP contribution < -0.4 is 4.72 Å². The third-order valence-electron chi connectivity index (χ3n) is 5.88. The van der Waals surface area contributed by atoms with Gasteiger partial charge in [0.15, 0.2) is 0 Å². The van der Waals surface area contributed by atoms with Gasteiger partial charge in [-0.3, -0.25) is 9.88 Å². The number of nitrogens with zero attached hydrogens (tertiary/aromatic N) is 3. The second kappa shape index (κ2) is 14.0. The van der Waals surface area contributed by atoms with Crippen LogP contribution in [0, 0.1) is 0 Å². The van der Waals surface area contributed by atoms with Crippen LogP contribution in [0.2, 0.25) is 5.02 Å². The minimum absolute atomic E-state index is 0. The zero-order valence-corrected chi connectivity index (χ0v) is 23.5. The largest absolute Gasteiger partial charge is 0.301 e. The highest BCUT2D eigenvalue weighted by Gasteiger charge is 2.26. The number of benzene rings is 2. The Kier molecular flexibility index (Phi) is 12.1. The minimum Gasteiger partial charge on any atom is -0.301 e. The zero-order chi connectivity index (χ0) is 23.3. The lowest BCUT2D eigenvalue weighted by molar-refractivity contribution is 0.0984. The summed E-state index contributed by atoms with van der Waals surface area (Å²) in [6.07, 6.45) is 2.45. The molecule has 1 saturated heterocycles. The van der Waals surface area contributed by atoms with Crippen molar-refractivity contribution in [1.82, 2.24) is 19.5 Å². The highest BCUT2D eigenvalue weighted by atomic mass is 35.5. The van der Waals surface area contributed by atoms with Crippen LogP contribution in [0.15, 0.2) is 70.6 Å². The molecule has 1 atom stereocenters. The number of thioether (sulfide) groups is 1. The summed E-state index contributed by atoms with van der Waals surface area (Å²) in [6.45, 7) is 6.51. The number of rotatable bonds is 9. The first-order valence-corrected chi connectivity index (χ1v) is 14.0. The number of aromatic nitrogens is 1. The van der Waals surface area contributed by atoms with Crippen molar-refractivity contribution >= 4 is 69.1 Å². The topological polar surface area (TPSA) is 65.5 Å². The molecule has 0 spiro atoms. The Labute approximate surface area is 229 Å². The molecular formula is C24H31Cl3N4O2S2. The van der Waals surface area contributed by atoms with Crippen LogP contribution in [0.4, 0.5) is 0 Å². The monoisotopic (exact) mass is 576 g/mol. The first kappa shape index (κ1) is 30.1. The SMILES string of the molecule is CC(NS(=O)(=O)c1ccc(Cl)c2ncccc12)N1CCN(CCCSc2ccccc2)CC1.Cl.Cl. The van der Waals surface area contributed by atoms with Crippen molar-refractivity contribution in [3.05, 3.63) is 65.8 Å². The molecule has 2 heterocycles. The summed E-state index contributed by atoms with van der Waals surface area (Å²) in [7, 11) is -3.72. The number of nitrogens with one attached hydrogen (secondary N) is 1. The van der Waals surface area contributed by atoms with Gasteiger partial charge in [0.1, 0.15) is 0 Å². The molecule has 0 bridgehead atoms. The van der Waals surface area contributed by atoms with Crippen molar-refractivity contribution in [1.29, 1.82) is 0 Å². The van der Waals surface area contributed by atoms with Crippen LogP contribution in [-0.2, 0) is 10.0 Å². The summed E-state index contributed by atoms with van der Waals surface area (Å²) in [4.78, 5) is 10.4. The van der Waals surface area contributed by atoms with Crippen LogP contribution in [0.1, 0.15) is 13.3 Å². The Morgan fingerprint density at radius 3 is 2.46 bits per heavy atom. The molecule has 11 heteroatoms. The number of hydrogen-bond acceptors (Lipinski definition) is 6. The van der Waals surface area contributed by atoms with Gasteiger partial charge >= 0.3 is 0 Å². The van der Waals surface area contributed by atoms with Gasteiger partial charge < -0.3 is 4.90 Å². The first-order chi connectivity index (χ1) is 15.9. The van der Waals surface area contributed by atoms with Gasteiger partial charge in [-0.1, -0.05) is 29.8 Å². The fraction of sp³-hybridized carbons (Fsp3) is 0.375. The number of sulfonamides is 1. The van der Waals surface area contributed by atoms with Crippen LogP contribution in [0.3, 0.4) is 0 Å². The van der Waals surface area contributed by atoms with Gasteiger partial charge in [-0.2, -0.15) is 4.72 Å². The number of fused-ring (bicyclic) bond motifs is 1. The number of piperazine rings is 1. The normalized spacial score (nSPS) is 15.8. The third-order valence-corrected chi connectivity index (χ3v) is 8.87. The third kappa shape index (κ3) is 7.94. The van der Waals surface area contributed by atoms with Crippen molar-refractivity contribution < 1.29 is 8.42 Å². The van der Waals surface area contributed by atoms with E-state index in [2.05, 4.69) is 43.8 Å². The smallest absolute Gasteiger partial charge is 0.242 e. The molecule has 1 aromatic heterocycles. The van der Waals surface area contributed by atoms with Gasteiger partial charge in [-0.15, -0.1) is 36.6 Å². The molecule has 0 amide bonds. The molecule has 1 aliphatic rings. The number of hydrogen-bond donors (Lipinski definition) is 1. The van der Waals surface area contributed by atoms with E-state index in [-0.39, 0.29) is 35.9 Å². The summed E-state index contributed by atoms with van der Waals surface area (Å²) in [5, 5.41) is 0.971. The molecule has 3 aromatic rings. The summed E-state index contributed by atoms with van der Waals surface area (Å²) < 4.78 is 29.1. The molecule has 0 radical (unpaired) electrons. The predicted octanol–water partition coefficient (Wildman–Crippen LogP) is 5.16. The number of halogens is 3. The second-order valence-electron chi connectivity index (χ2n) is 8.14. The van der Waals surface area contributed by atoms with E-state index in [1.807, 2.05) is 24.8 Å². The molecule has 1 unspecified atom stereocenters. The predicted molar refractivity (Wildman–Crippen MR) is 151 cm³/mol. The maximum atomic E-state index is 13.1. The van der Waals surface area contributed by atoms with E-state index in [1.54, 1.807) is 30.5 Å². The fourth-order valence-electron chi connectivity index (χ4n) is 4.08. The maximum Gasteiger partial charge on any atom is 0.242 e. The molecule has 192 valence electrons. The van der Waals surface area contributed by atoms with Gasteiger partial charge in [0, 0.05) is 42.7 Å². The summed E-state index contributed by atoms with van der Waals surface area (Å²) >= 11 is 8.10. The van der Waals surface area contributed by atoms with Gasteiger partial charge in [-0.05, 0) is 62.0 Å². The molecule has 4 rings (SSSR count). The van der Waals surface area contributed by atoms with Crippen LogP contribution in [0.25, 0.3) is 10.9 Å². The Morgan fingerprint density at radius 1 is 1.03 bits per heavy atom. The quantitative estimate of drug-likeness (QED) is 0.280. The van der Waals surface area contributed by atoms with Gasteiger partial charge in [0.2, 0.25) is 10.0 Å². The highest BCUT2D eigenvalue weighted by molar-refractivity contribution is 7.99. The molecule has 35 heavy (non-hydrogen) atoms. The Morgan fingerprint density at radius 2 is 1.74 bits per heavy atom. The van der Waals surface area contributed by atoms with Crippen molar-refractivity contribution in [2.75, 3.05) is 38.5 Å². The molecule has 2 aromatic carbocycles. The standard InChI is InChI=1S/C24H29ClN4O2S2.2ClH/c1-19(27-33(30,31)23-11-10-22(25)24-21(23)9-5-12-26-24)29-16-14-28(15-17-29)13-6-18-32-20-7-3-2-4-8-20;;/h2-5,7-12,19,27H,6,13-18H2,1H3;2*1H. The summed E-state index contributed by atoms with van der Waals surface area (Å²) in [5.74, 6) is 1.10. The Bertz CT molecular complexity index is 1180. The Hall–Kier alpha value is -1.10. The van der Waals surface area contributed by atoms with E-state index < -0.39 is 10.0 Å². The van der Waals surface area contributed by atoms with E-state index in [0.29, 0.717) is 15.9 Å². The van der Waals surface area contributed by atoms with Crippen molar-refractivity contribution in [3.8, 4) is 0 Å². The van der Waals surface area contributed by atoms with Gasteiger partial charge in [0.25, 0.3) is 0 Å². The Balaban J connectivity index is 0.00000216. The molecule has 0 saturated carbocycles. The fourth-order valence-corrected chi connectivity index (χ4v) is 6.58. The summed E-state index contributed by atoms with van der Waals surface area (Å²) in [5.41, 5.74) is 0.494. The van der Waals surface area contributed by atoms with E-state index >= 15 is 0 Å². The first-order valence-electron chi connectivity index (χ1n) is 11.1. The molecule has 1 fully saturated rings. The van der Waals surface area contributed by atoms with E-state index in [0.717, 1.165) is 44.9 Å². The second-order valence-corrected chi connectivity index (χ2v) is 11.4. The maximum absolute atomic E-state index is 13.1. The van der Waals surface area contributed by atoms with E-state index in [1.165, 1.54) is 4.90 Å². The van der Waals surface area contributed by atoms with Gasteiger partial charge in [0.05, 0.1) is 21.6 Å². The van der Waals surface area contributed by atoms with Crippen LogP contribution in [-0.4, -0.2) is 67.8 Å². The molecule has 1 N–H and O–H groups in total. The van der Waals surface area contributed by atoms with Crippen molar-refractivity contribution in [3.63, 3.8) is 0 Å². The minimum atomic E-state index is -3.72. The van der Waals surface area contributed by atoms with Gasteiger partial charge in [-0.25, -0.2) is 8.42 Å². The molecular weight excluding hydrogens is 547 g/mol. The zero-order valence-electron chi connectivity index (χ0n) is 19.5. The average Bonchev–Trinajstić information content (AvgIpc) is 2.83. The average molecular weight is 578 g/mol. The van der Waals surface area contributed by atoms with E-state index in [4.69, 9.17) is 11.6 Å². The molecule has 1 aliphatic heterocycles. The lowest BCUT2D eigenvalue weighted by atomic mass is 10.2. The van der Waals surface area contributed by atoms with Crippen LogP contribution in [0.5, 0.6) is 0 Å². The van der Waals surface area contributed by atoms with Crippen LogP contribution >= 0.6 is 48.2 Å². The molecule has 6 nitrogen and oxygen atoms in total.